The van der Waals surface area contributed by atoms with Crippen LogP contribution in [0, 0.1) is 22.7 Å². The number of H-pyrrole nitrogens is 1. The van der Waals surface area contributed by atoms with E-state index in [-0.39, 0.29) is 39.1 Å². The zero-order valence-electron chi connectivity index (χ0n) is 18.0. The van der Waals surface area contributed by atoms with E-state index in [4.69, 9.17) is 15.0 Å². The van der Waals surface area contributed by atoms with Crippen LogP contribution in [0.2, 0.25) is 0 Å². The van der Waals surface area contributed by atoms with E-state index in [0.29, 0.717) is 18.0 Å². The molecule has 1 unspecified atom stereocenters. The number of nitriles is 2. The summed E-state index contributed by atoms with van der Waals surface area (Å²) in [6.45, 7) is 4.05. The highest BCUT2D eigenvalue weighted by Crippen LogP contribution is 2.35. The standard InChI is InChI=1S/C21H19N7O4S/c1-4-31-13-7-5-12(6-8-13)25-19(29)11(2)33-20-15(10-23)16(14(9-22)18(24)26-20)17-21(30)32-27-28(17)3/h5-8,11H,4H2,1-3H3,(H3-,24,25,26,27,29,30)/p+1. The summed E-state index contributed by atoms with van der Waals surface area (Å²) in [5, 5.41) is 23.9. The van der Waals surface area contributed by atoms with Crippen molar-refractivity contribution < 1.29 is 18.7 Å². The molecule has 0 bridgehead atoms. The summed E-state index contributed by atoms with van der Waals surface area (Å²) in [4.78, 5) is 29.1. The van der Waals surface area contributed by atoms with Gasteiger partial charge in [-0.1, -0.05) is 16.4 Å². The molecule has 2 aromatic heterocycles. The van der Waals surface area contributed by atoms with Gasteiger partial charge < -0.3 is 15.8 Å². The molecular formula is C21H20N7O4S+. The lowest BCUT2D eigenvalue weighted by molar-refractivity contribution is -0.730. The number of nitrogens with two attached hydrogens (primary N) is 1. The molecule has 2 heterocycles. The number of aryl methyl sites for hydroxylation is 1. The molecule has 0 saturated carbocycles. The van der Waals surface area contributed by atoms with E-state index in [1.807, 2.05) is 19.1 Å². The Morgan fingerprint density at radius 1 is 1.33 bits per heavy atom. The van der Waals surface area contributed by atoms with Gasteiger partial charge >= 0.3 is 11.3 Å². The number of aromatic amines is 1. The van der Waals surface area contributed by atoms with E-state index >= 15 is 0 Å². The number of nitrogen functional groups attached to an aromatic ring is 1. The molecule has 0 fully saturated rings. The maximum absolute atomic E-state index is 12.7. The van der Waals surface area contributed by atoms with Crippen LogP contribution >= 0.6 is 11.8 Å². The van der Waals surface area contributed by atoms with Crippen LogP contribution in [-0.4, -0.2) is 28.0 Å². The van der Waals surface area contributed by atoms with Crippen molar-refractivity contribution in [2.24, 2.45) is 7.05 Å². The molecule has 0 radical (unpaired) electrons. The molecule has 1 aromatic carbocycles. The number of hydrogen-bond acceptors (Lipinski definition) is 9. The fourth-order valence-corrected chi connectivity index (χ4v) is 3.91. The van der Waals surface area contributed by atoms with Gasteiger partial charge in [-0.25, -0.2) is 9.78 Å². The predicted molar refractivity (Wildman–Crippen MR) is 119 cm³/mol. The van der Waals surface area contributed by atoms with Gasteiger partial charge in [-0.2, -0.15) is 10.5 Å². The highest BCUT2D eigenvalue weighted by molar-refractivity contribution is 8.00. The third-order valence-electron chi connectivity index (χ3n) is 4.55. The van der Waals surface area contributed by atoms with Crippen LogP contribution in [0.5, 0.6) is 5.75 Å². The summed E-state index contributed by atoms with van der Waals surface area (Å²) in [6.07, 6.45) is 0. The number of rotatable bonds is 7. The summed E-state index contributed by atoms with van der Waals surface area (Å²) in [5.74, 6) is 0.170. The number of anilines is 2. The fraction of sp³-hybridized carbons (Fsp3) is 0.238. The monoisotopic (exact) mass is 466 g/mol. The number of ether oxygens (including phenoxy) is 1. The lowest BCUT2D eigenvalue weighted by Crippen LogP contribution is -2.34. The molecule has 3 aromatic rings. The third-order valence-corrected chi connectivity index (χ3v) is 5.63. The number of pyridine rings is 1. The van der Waals surface area contributed by atoms with Crippen molar-refractivity contribution >= 4 is 29.2 Å². The van der Waals surface area contributed by atoms with Crippen LogP contribution in [0.15, 0.2) is 38.6 Å². The zero-order valence-corrected chi connectivity index (χ0v) is 18.8. The lowest BCUT2D eigenvalue weighted by atomic mass is 10.0. The second-order valence-electron chi connectivity index (χ2n) is 6.75. The first-order valence-corrected chi connectivity index (χ1v) is 10.6. The van der Waals surface area contributed by atoms with Crippen molar-refractivity contribution in [1.82, 2.24) is 10.3 Å². The van der Waals surface area contributed by atoms with Crippen LogP contribution in [-0.2, 0) is 11.8 Å². The molecule has 0 aliphatic heterocycles. The fourth-order valence-electron chi connectivity index (χ4n) is 3.00. The molecule has 0 spiro atoms. The first-order valence-electron chi connectivity index (χ1n) is 9.72. The second kappa shape index (κ2) is 9.89. The quantitative estimate of drug-likeness (QED) is 0.345. The number of benzene rings is 1. The Bertz CT molecular complexity index is 1330. The maximum Gasteiger partial charge on any atom is 0.435 e. The number of thioether (sulfide) groups is 1. The van der Waals surface area contributed by atoms with Gasteiger partial charge in [-0.15, -0.1) is 0 Å². The minimum atomic E-state index is -0.784. The van der Waals surface area contributed by atoms with Crippen molar-refractivity contribution in [3.8, 4) is 29.1 Å². The van der Waals surface area contributed by atoms with Gasteiger partial charge in [0.15, 0.2) is 7.05 Å². The second-order valence-corrected chi connectivity index (χ2v) is 8.08. The van der Waals surface area contributed by atoms with E-state index in [9.17, 15) is 20.1 Å². The molecule has 1 amide bonds. The van der Waals surface area contributed by atoms with Crippen LogP contribution in [0.3, 0.4) is 0 Å². The Hall–Kier alpha value is -4.29. The van der Waals surface area contributed by atoms with Crippen LogP contribution < -0.4 is 26.1 Å². The van der Waals surface area contributed by atoms with Crippen molar-refractivity contribution in [1.29, 1.82) is 10.5 Å². The third kappa shape index (κ3) is 4.81. The average molecular weight is 467 g/mol. The molecule has 3 rings (SSSR count). The van der Waals surface area contributed by atoms with Gasteiger partial charge in [-0.3, -0.25) is 9.32 Å². The number of carbonyl (C=O) groups excluding carboxylic acids is 1. The number of amides is 1. The van der Waals surface area contributed by atoms with Gasteiger partial charge in [0.05, 0.1) is 17.4 Å². The van der Waals surface area contributed by atoms with Crippen molar-refractivity contribution in [2.45, 2.75) is 24.1 Å². The highest BCUT2D eigenvalue weighted by Gasteiger charge is 2.32. The number of carbonyl (C=O) groups is 1. The van der Waals surface area contributed by atoms with Gasteiger partial charge in [0.25, 0.3) is 0 Å². The van der Waals surface area contributed by atoms with Crippen molar-refractivity contribution in [3.63, 3.8) is 0 Å². The topological polar surface area (TPSA) is 175 Å². The smallest absolute Gasteiger partial charge is 0.435 e. The number of nitrogens with one attached hydrogen (secondary N) is 2. The Labute approximate surface area is 192 Å². The molecule has 11 nitrogen and oxygen atoms in total. The number of hydrogen-bond donors (Lipinski definition) is 3. The van der Waals surface area contributed by atoms with E-state index in [1.165, 1.54) is 11.7 Å². The van der Waals surface area contributed by atoms with Gasteiger partial charge in [0.2, 0.25) is 5.91 Å². The molecular weight excluding hydrogens is 446 g/mol. The van der Waals surface area contributed by atoms with Crippen molar-refractivity contribution in [2.75, 3.05) is 17.7 Å². The van der Waals surface area contributed by atoms with E-state index in [0.717, 1.165) is 11.8 Å². The van der Waals surface area contributed by atoms with E-state index < -0.39 is 10.9 Å². The van der Waals surface area contributed by atoms with Crippen molar-refractivity contribution in [3.05, 3.63) is 45.8 Å². The average Bonchev–Trinajstić information content (AvgIpc) is 3.12. The van der Waals surface area contributed by atoms with E-state index in [2.05, 4.69) is 15.6 Å². The first kappa shape index (κ1) is 23.4. The van der Waals surface area contributed by atoms with Crippen LogP contribution in [0.25, 0.3) is 11.3 Å². The summed E-state index contributed by atoms with van der Waals surface area (Å²) in [5.41, 5.74) is 5.48. The number of aromatic nitrogens is 3. The maximum atomic E-state index is 12.7. The Morgan fingerprint density at radius 2 is 2.00 bits per heavy atom. The van der Waals surface area contributed by atoms with Gasteiger partial charge in [0.1, 0.15) is 39.9 Å². The summed E-state index contributed by atoms with van der Waals surface area (Å²) < 4.78 is 11.4. The SMILES string of the molecule is CCOc1ccc(NC(=O)C(C)Sc2nc(N)c(C#N)c(-c3c(=O)o[nH][n+]3C)c2C#N)cc1. The Morgan fingerprint density at radius 3 is 2.55 bits per heavy atom. The number of nitrogens with zero attached hydrogens (tertiary/aromatic N) is 4. The van der Waals surface area contributed by atoms with E-state index in [1.54, 1.807) is 31.2 Å². The minimum Gasteiger partial charge on any atom is -0.494 e. The Kier molecular flexibility index (Phi) is 7.00. The summed E-state index contributed by atoms with van der Waals surface area (Å²) in [6, 6.07) is 10.8. The zero-order chi connectivity index (χ0) is 24.1. The predicted octanol–water partition coefficient (Wildman–Crippen LogP) is 1.70. The van der Waals surface area contributed by atoms with Gasteiger partial charge in [-0.05, 0) is 43.4 Å². The molecule has 33 heavy (non-hydrogen) atoms. The Balaban J connectivity index is 1.93. The molecule has 0 aliphatic rings. The molecule has 0 saturated heterocycles. The van der Waals surface area contributed by atoms with Crippen LogP contribution in [0.1, 0.15) is 25.0 Å². The summed E-state index contributed by atoms with van der Waals surface area (Å²) in [7, 11) is 1.48. The lowest BCUT2D eigenvalue weighted by Gasteiger charge is -2.14. The molecule has 1 atom stereocenters. The molecule has 4 N–H and O–H groups in total. The molecule has 12 heteroatoms. The molecule has 0 aliphatic carbocycles. The van der Waals surface area contributed by atoms with Gasteiger partial charge in [0, 0.05) is 5.69 Å². The molecule has 168 valence electrons. The largest absolute Gasteiger partial charge is 0.494 e. The highest BCUT2D eigenvalue weighted by atomic mass is 32.2. The summed E-state index contributed by atoms with van der Waals surface area (Å²) >= 11 is 0.978. The first-order chi connectivity index (χ1) is 15.8. The normalized spacial score (nSPS) is 11.3. The minimum absolute atomic E-state index is 0.00776. The van der Waals surface area contributed by atoms with Crippen LogP contribution in [0.4, 0.5) is 11.5 Å².